The molecule has 0 aliphatic carbocycles. The van der Waals surface area contributed by atoms with E-state index in [4.69, 9.17) is 0 Å². The lowest BCUT2D eigenvalue weighted by atomic mass is 10.2. The molecule has 0 radical (unpaired) electrons. The fourth-order valence-electron chi connectivity index (χ4n) is 1.69. The summed E-state index contributed by atoms with van der Waals surface area (Å²) in [5, 5.41) is 1.03. The van der Waals surface area contributed by atoms with Crippen LogP contribution in [0.4, 0.5) is 0 Å². The zero-order chi connectivity index (χ0) is 8.60. The summed E-state index contributed by atoms with van der Waals surface area (Å²) in [6.07, 6.45) is 1.72. The van der Waals surface area contributed by atoms with Crippen molar-refractivity contribution in [1.82, 2.24) is 0 Å². The van der Waals surface area contributed by atoms with Gasteiger partial charge in [0.15, 0.2) is 0 Å². The molecule has 0 fully saturated rings. The summed E-state index contributed by atoms with van der Waals surface area (Å²) in [6, 6.07) is 7.96. The van der Waals surface area contributed by atoms with Gasteiger partial charge in [0.05, 0.1) is 0 Å². The van der Waals surface area contributed by atoms with Crippen LogP contribution in [0.25, 0.3) is 0 Å². The summed E-state index contributed by atoms with van der Waals surface area (Å²) in [4.78, 5) is 0. The Labute approximate surface area is 72.5 Å². The van der Waals surface area contributed by atoms with Gasteiger partial charge in [0.2, 0.25) is 0 Å². The lowest BCUT2D eigenvalue weighted by Crippen LogP contribution is -2.00. The van der Waals surface area contributed by atoms with E-state index in [1.165, 1.54) is 5.56 Å². The molecule has 62 valence electrons. The smallest absolute Gasteiger partial charge is 0.136 e. The molecule has 2 heteroatoms. The van der Waals surface area contributed by atoms with E-state index in [2.05, 4.69) is 12.6 Å². The second-order valence-corrected chi connectivity index (χ2v) is 5.97. The summed E-state index contributed by atoms with van der Waals surface area (Å²) < 4.78 is 12.1. The maximum Gasteiger partial charge on any atom is 0.136 e. The highest BCUT2D eigenvalue weighted by molar-refractivity contribution is 7.75. The van der Waals surface area contributed by atoms with Gasteiger partial charge in [0, 0.05) is 11.5 Å². The third kappa shape index (κ3) is 0.971. The molecule has 0 amide bonds. The quantitative estimate of drug-likeness (QED) is 0.603. The van der Waals surface area contributed by atoms with Gasteiger partial charge in [0.25, 0.3) is 0 Å². The van der Waals surface area contributed by atoms with Gasteiger partial charge in [-0.1, -0.05) is 30.8 Å². The molecule has 0 saturated heterocycles. The van der Waals surface area contributed by atoms with Crippen LogP contribution in [-0.2, 0) is 11.0 Å². The molecule has 0 bridgehead atoms. The van der Waals surface area contributed by atoms with Crippen LogP contribution in [0.15, 0.2) is 36.7 Å². The van der Waals surface area contributed by atoms with E-state index < -0.39 is 7.14 Å². The molecule has 0 N–H and O–H groups in total. The highest BCUT2D eigenvalue weighted by Crippen LogP contribution is 2.50. The second-order valence-electron chi connectivity index (χ2n) is 3.08. The Morgan fingerprint density at radius 2 is 2.17 bits per heavy atom. The second kappa shape index (κ2) is 2.60. The van der Waals surface area contributed by atoms with E-state index in [-0.39, 0.29) is 0 Å². The predicted octanol–water partition coefficient (Wildman–Crippen LogP) is 2.37. The topological polar surface area (TPSA) is 17.1 Å². The number of hydrogen-bond donors (Lipinski definition) is 0. The van der Waals surface area contributed by atoms with Gasteiger partial charge >= 0.3 is 0 Å². The molecule has 1 atom stereocenters. The molecule has 1 unspecified atom stereocenters. The highest BCUT2D eigenvalue weighted by atomic mass is 31.2. The molecule has 1 aliphatic heterocycles. The Bertz CT molecular complexity index is 368. The largest absolute Gasteiger partial charge is 0.314 e. The third-order valence-corrected chi connectivity index (χ3v) is 5.14. The van der Waals surface area contributed by atoms with Crippen molar-refractivity contribution in [3.8, 4) is 0 Å². The number of fused-ring (bicyclic) bond motifs is 1. The summed E-state index contributed by atoms with van der Waals surface area (Å²) in [5.41, 5.74) is 1.24. The van der Waals surface area contributed by atoms with Crippen LogP contribution < -0.4 is 5.30 Å². The predicted molar refractivity (Wildman–Crippen MR) is 52.5 cm³/mol. The van der Waals surface area contributed by atoms with Crippen molar-refractivity contribution in [3.63, 3.8) is 0 Å². The van der Waals surface area contributed by atoms with Crippen LogP contribution >= 0.6 is 7.14 Å². The standard InChI is InChI=1S/C10H11OP/c1-2-12(11)8-7-9-5-3-4-6-10(9)12/h2-6H,1,7-8H2. The number of rotatable bonds is 1. The Morgan fingerprint density at radius 1 is 1.42 bits per heavy atom. The van der Waals surface area contributed by atoms with Crippen LogP contribution in [0.5, 0.6) is 0 Å². The van der Waals surface area contributed by atoms with Crippen molar-refractivity contribution >= 4 is 12.4 Å². The number of aryl methyl sites for hydroxylation is 1. The fourth-order valence-corrected chi connectivity index (χ4v) is 3.89. The first-order chi connectivity index (χ1) is 5.76. The molecule has 1 heterocycles. The SMILES string of the molecule is C=CP1(=O)CCc2ccccc21. The van der Waals surface area contributed by atoms with Crippen LogP contribution in [-0.4, -0.2) is 6.16 Å². The van der Waals surface area contributed by atoms with Crippen molar-refractivity contribution in [2.45, 2.75) is 6.42 Å². The summed E-state index contributed by atoms with van der Waals surface area (Å²) in [5.74, 6) is 1.64. The lowest BCUT2D eigenvalue weighted by Gasteiger charge is -2.05. The molecule has 1 aliphatic rings. The van der Waals surface area contributed by atoms with E-state index >= 15 is 0 Å². The molecular weight excluding hydrogens is 167 g/mol. The third-order valence-electron chi connectivity index (χ3n) is 2.41. The van der Waals surface area contributed by atoms with Gasteiger partial charge in [-0.25, -0.2) is 0 Å². The average Bonchev–Trinajstić information content (AvgIpc) is 2.46. The van der Waals surface area contributed by atoms with E-state index in [1.807, 2.05) is 18.2 Å². The Kier molecular flexibility index (Phi) is 1.69. The van der Waals surface area contributed by atoms with Crippen LogP contribution in [0.1, 0.15) is 5.56 Å². The molecule has 0 spiro atoms. The molecule has 1 aromatic rings. The van der Waals surface area contributed by atoms with E-state index in [0.29, 0.717) is 0 Å². The zero-order valence-corrected chi connectivity index (χ0v) is 7.76. The zero-order valence-electron chi connectivity index (χ0n) is 6.86. The minimum Gasteiger partial charge on any atom is -0.314 e. The van der Waals surface area contributed by atoms with Crippen molar-refractivity contribution in [3.05, 3.63) is 42.2 Å². The summed E-state index contributed by atoms with van der Waals surface area (Å²) in [6.45, 7) is 3.65. The molecule has 1 nitrogen and oxygen atoms in total. The van der Waals surface area contributed by atoms with Crippen molar-refractivity contribution in [2.75, 3.05) is 6.16 Å². The normalized spacial score (nSPS) is 26.7. The summed E-state index contributed by atoms with van der Waals surface area (Å²) >= 11 is 0. The minimum absolute atomic E-state index is 0.774. The number of hydrogen-bond acceptors (Lipinski definition) is 1. The van der Waals surface area contributed by atoms with Crippen LogP contribution in [0.2, 0.25) is 0 Å². The Morgan fingerprint density at radius 3 is 2.92 bits per heavy atom. The lowest BCUT2D eigenvalue weighted by molar-refractivity contribution is 0.588. The Balaban J connectivity index is 2.64. The fraction of sp³-hybridized carbons (Fsp3) is 0.200. The van der Waals surface area contributed by atoms with Crippen molar-refractivity contribution in [2.24, 2.45) is 0 Å². The van der Waals surface area contributed by atoms with Gasteiger partial charge in [-0.3, -0.25) is 0 Å². The average molecular weight is 178 g/mol. The monoisotopic (exact) mass is 178 g/mol. The van der Waals surface area contributed by atoms with Crippen molar-refractivity contribution < 1.29 is 4.57 Å². The van der Waals surface area contributed by atoms with Gasteiger partial charge < -0.3 is 4.57 Å². The highest BCUT2D eigenvalue weighted by Gasteiger charge is 2.29. The molecule has 0 saturated carbocycles. The first kappa shape index (κ1) is 7.82. The first-order valence-electron chi connectivity index (χ1n) is 4.07. The molecule has 12 heavy (non-hydrogen) atoms. The van der Waals surface area contributed by atoms with Crippen LogP contribution in [0.3, 0.4) is 0 Å². The van der Waals surface area contributed by atoms with Gasteiger partial charge in [-0.15, -0.1) is 0 Å². The van der Waals surface area contributed by atoms with E-state index in [0.717, 1.165) is 17.9 Å². The van der Waals surface area contributed by atoms with E-state index in [1.54, 1.807) is 5.82 Å². The molecule has 2 rings (SSSR count). The van der Waals surface area contributed by atoms with Gasteiger partial charge in [-0.2, -0.15) is 0 Å². The molecular formula is C10H11OP. The Hall–Kier alpha value is -0.810. The number of benzene rings is 1. The summed E-state index contributed by atoms with van der Waals surface area (Å²) in [7, 11) is -2.18. The van der Waals surface area contributed by atoms with E-state index in [9.17, 15) is 4.57 Å². The maximum absolute atomic E-state index is 12.1. The minimum atomic E-state index is -2.18. The molecule has 0 aromatic heterocycles. The maximum atomic E-state index is 12.1. The van der Waals surface area contributed by atoms with Crippen molar-refractivity contribution in [1.29, 1.82) is 0 Å². The van der Waals surface area contributed by atoms with Gasteiger partial charge in [-0.05, 0) is 17.8 Å². The first-order valence-corrected chi connectivity index (χ1v) is 6.03. The van der Waals surface area contributed by atoms with Gasteiger partial charge in [0.1, 0.15) is 7.14 Å². The molecule has 1 aromatic carbocycles. The van der Waals surface area contributed by atoms with Crippen LogP contribution in [0, 0.1) is 0 Å².